The predicted octanol–water partition coefficient (Wildman–Crippen LogP) is 2.55. The van der Waals surface area contributed by atoms with Crippen molar-refractivity contribution in [2.75, 3.05) is 19.0 Å². The number of hydrogen-bond acceptors (Lipinski definition) is 1. The van der Waals surface area contributed by atoms with Crippen LogP contribution in [0.25, 0.3) is 0 Å². The average molecular weight is 149 g/mol. The zero-order chi connectivity index (χ0) is 8.69. The van der Waals surface area contributed by atoms with E-state index in [1.807, 2.05) is 32.3 Å². The van der Waals surface area contributed by atoms with Gasteiger partial charge in [-0.3, -0.25) is 0 Å². The Bertz CT molecular complexity index is 179. The zero-order valence-electron chi connectivity index (χ0n) is 7.25. The summed E-state index contributed by atoms with van der Waals surface area (Å²) in [5.41, 5.74) is 1.25. The number of hydrogen-bond donors (Lipinski definition) is 0. The summed E-state index contributed by atoms with van der Waals surface area (Å²) in [6, 6.07) is 10.3. The minimum atomic E-state index is 1.25. The van der Waals surface area contributed by atoms with Gasteiger partial charge in [0.05, 0.1) is 0 Å². The van der Waals surface area contributed by atoms with E-state index in [1.165, 1.54) is 5.69 Å². The van der Waals surface area contributed by atoms with Crippen molar-refractivity contribution >= 4 is 5.69 Å². The summed E-state index contributed by atoms with van der Waals surface area (Å²) in [5.74, 6) is 0. The largest absolute Gasteiger partial charge is 0.378 e. The van der Waals surface area contributed by atoms with Gasteiger partial charge in [0.15, 0.2) is 0 Å². The quantitative estimate of drug-likeness (QED) is 0.555. The number of anilines is 1. The van der Waals surface area contributed by atoms with Gasteiger partial charge in [-0.05, 0) is 12.1 Å². The molecule has 0 fully saturated rings. The van der Waals surface area contributed by atoms with Crippen LogP contribution in [0.4, 0.5) is 5.69 Å². The molecule has 0 aliphatic rings. The molecule has 0 saturated heterocycles. The highest BCUT2D eigenvalue weighted by atomic mass is 15.1. The lowest BCUT2D eigenvalue weighted by molar-refractivity contribution is 1.13. The third kappa shape index (κ3) is 3.46. The van der Waals surface area contributed by atoms with Crippen molar-refractivity contribution in [3.8, 4) is 0 Å². The fourth-order valence-corrected chi connectivity index (χ4v) is 0.726. The Morgan fingerprint density at radius 3 is 1.73 bits per heavy atom. The van der Waals surface area contributed by atoms with Gasteiger partial charge in [-0.1, -0.05) is 18.2 Å². The SMILES string of the molecule is C=C.CN(C)c1ccccc1. The van der Waals surface area contributed by atoms with Crippen molar-refractivity contribution in [2.45, 2.75) is 0 Å². The molecule has 0 heterocycles. The second-order valence-electron chi connectivity index (χ2n) is 2.23. The molecule has 0 aromatic heterocycles. The second kappa shape index (κ2) is 5.54. The van der Waals surface area contributed by atoms with Crippen molar-refractivity contribution in [3.63, 3.8) is 0 Å². The molecule has 1 aromatic rings. The molecular weight excluding hydrogens is 134 g/mol. The number of rotatable bonds is 1. The molecule has 1 aromatic carbocycles. The molecule has 0 unspecified atom stereocenters. The maximum atomic E-state index is 3.00. The van der Waals surface area contributed by atoms with Crippen LogP contribution in [0.15, 0.2) is 43.5 Å². The van der Waals surface area contributed by atoms with Gasteiger partial charge in [0, 0.05) is 19.8 Å². The fourth-order valence-electron chi connectivity index (χ4n) is 0.726. The third-order valence-electron chi connectivity index (χ3n) is 1.27. The van der Waals surface area contributed by atoms with Crippen LogP contribution in [0, 0.1) is 0 Å². The summed E-state index contributed by atoms with van der Waals surface area (Å²) in [6.07, 6.45) is 0. The average Bonchev–Trinajstić information content (AvgIpc) is 2.10. The van der Waals surface area contributed by atoms with Crippen LogP contribution in [0.1, 0.15) is 0 Å². The third-order valence-corrected chi connectivity index (χ3v) is 1.27. The van der Waals surface area contributed by atoms with Crippen LogP contribution in [0.2, 0.25) is 0 Å². The second-order valence-corrected chi connectivity index (χ2v) is 2.23. The van der Waals surface area contributed by atoms with Gasteiger partial charge in [0.2, 0.25) is 0 Å². The van der Waals surface area contributed by atoms with Gasteiger partial charge < -0.3 is 4.90 Å². The van der Waals surface area contributed by atoms with E-state index in [9.17, 15) is 0 Å². The Morgan fingerprint density at radius 2 is 1.45 bits per heavy atom. The van der Waals surface area contributed by atoms with Crippen LogP contribution >= 0.6 is 0 Å². The summed E-state index contributed by atoms with van der Waals surface area (Å²) in [7, 11) is 4.07. The summed E-state index contributed by atoms with van der Waals surface area (Å²) >= 11 is 0. The van der Waals surface area contributed by atoms with Crippen molar-refractivity contribution in [1.29, 1.82) is 0 Å². The predicted molar refractivity (Wildman–Crippen MR) is 52.0 cm³/mol. The Kier molecular flexibility index (Phi) is 4.91. The molecule has 1 heteroatoms. The van der Waals surface area contributed by atoms with Crippen LogP contribution in [-0.2, 0) is 0 Å². The number of benzene rings is 1. The fraction of sp³-hybridized carbons (Fsp3) is 0.200. The van der Waals surface area contributed by atoms with Crippen LogP contribution in [0.5, 0.6) is 0 Å². The molecule has 0 radical (unpaired) electrons. The van der Waals surface area contributed by atoms with E-state index < -0.39 is 0 Å². The molecule has 0 spiro atoms. The first kappa shape index (κ1) is 9.76. The van der Waals surface area contributed by atoms with E-state index in [2.05, 4.69) is 30.2 Å². The molecule has 0 amide bonds. The van der Waals surface area contributed by atoms with Gasteiger partial charge in [-0.25, -0.2) is 0 Å². The van der Waals surface area contributed by atoms with Crippen LogP contribution in [0.3, 0.4) is 0 Å². The summed E-state index contributed by atoms with van der Waals surface area (Å²) in [6.45, 7) is 6.00. The van der Waals surface area contributed by atoms with Crippen molar-refractivity contribution < 1.29 is 0 Å². The Hall–Kier alpha value is -1.24. The first-order valence-electron chi connectivity index (χ1n) is 3.53. The summed E-state index contributed by atoms with van der Waals surface area (Å²) in [5, 5.41) is 0. The first-order valence-corrected chi connectivity index (χ1v) is 3.53. The Balaban J connectivity index is 0.000000461. The molecule has 0 atom stereocenters. The molecule has 1 rings (SSSR count). The standard InChI is InChI=1S/C8H11N.C2H4/c1-9(2)8-6-4-3-5-7-8;1-2/h3-7H,1-2H3;1-2H2. The first-order chi connectivity index (χ1) is 5.30. The molecule has 1 nitrogen and oxygen atoms in total. The van der Waals surface area contributed by atoms with Gasteiger partial charge in [0.1, 0.15) is 0 Å². The topological polar surface area (TPSA) is 3.24 Å². The lowest BCUT2D eigenvalue weighted by Gasteiger charge is -2.10. The maximum absolute atomic E-state index is 3.00. The molecule has 0 N–H and O–H groups in total. The molecule has 0 bridgehead atoms. The minimum Gasteiger partial charge on any atom is -0.378 e. The van der Waals surface area contributed by atoms with E-state index in [-0.39, 0.29) is 0 Å². The zero-order valence-corrected chi connectivity index (χ0v) is 7.25. The molecule has 0 saturated carbocycles. The van der Waals surface area contributed by atoms with Crippen LogP contribution < -0.4 is 4.90 Å². The highest BCUT2D eigenvalue weighted by molar-refractivity contribution is 5.43. The van der Waals surface area contributed by atoms with E-state index in [1.54, 1.807) is 0 Å². The van der Waals surface area contributed by atoms with E-state index in [0.29, 0.717) is 0 Å². The van der Waals surface area contributed by atoms with Crippen molar-refractivity contribution in [2.24, 2.45) is 0 Å². The minimum absolute atomic E-state index is 1.25. The van der Waals surface area contributed by atoms with Crippen molar-refractivity contribution in [3.05, 3.63) is 43.5 Å². The molecule has 0 aliphatic heterocycles. The number of para-hydroxylation sites is 1. The van der Waals surface area contributed by atoms with Gasteiger partial charge >= 0.3 is 0 Å². The Labute approximate surface area is 69.0 Å². The monoisotopic (exact) mass is 149 g/mol. The van der Waals surface area contributed by atoms with E-state index >= 15 is 0 Å². The molecule has 11 heavy (non-hydrogen) atoms. The molecule has 0 aliphatic carbocycles. The summed E-state index contributed by atoms with van der Waals surface area (Å²) in [4.78, 5) is 2.08. The van der Waals surface area contributed by atoms with Gasteiger partial charge in [-0.2, -0.15) is 0 Å². The molecule has 60 valence electrons. The summed E-state index contributed by atoms with van der Waals surface area (Å²) < 4.78 is 0. The molecular formula is C10H15N. The lowest BCUT2D eigenvalue weighted by atomic mass is 10.3. The lowest BCUT2D eigenvalue weighted by Crippen LogP contribution is -2.07. The van der Waals surface area contributed by atoms with Crippen LogP contribution in [-0.4, -0.2) is 14.1 Å². The number of nitrogens with zero attached hydrogens (tertiary/aromatic N) is 1. The van der Waals surface area contributed by atoms with E-state index in [4.69, 9.17) is 0 Å². The van der Waals surface area contributed by atoms with Crippen molar-refractivity contribution in [1.82, 2.24) is 0 Å². The van der Waals surface area contributed by atoms with E-state index in [0.717, 1.165) is 0 Å². The highest BCUT2D eigenvalue weighted by Gasteiger charge is 1.87. The smallest absolute Gasteiger partial charge is 0.0360 e. The Morgan fingerprint density at radius 1 is 1.00 bits per heavy atom. The van der Waals surface area contributed by atoms with Gasteiger partial charge in [0.25, 0.3) is 0 Å². The normalized spacial score (nSPS) is 7.82. The van der Waals surface area contributed by atoms with Gasteiger partial charge in [-0.15, -0.1) is 13.2 Å². The highest BCUT2D eigenvalue weighted by Crippen LogP contribution is 2.07. The maximum Gasteiger partial charge on any atom is 0.0360 e.